The van der Waals surface area contributed by atoms with Crippen molar-refractivity contribution in [2.24, 2.45) is 0 Å². The predicted octanol–water partition coefficient (Wildman–Crippen LogP) is 0.904. The van der Waals surface area contributed by atoms with E-state index >= 15 is 0 Å². The summed E-state index contributed by atoms with van der Waals surface area (Å²) < 4.78 is 23.9. The number of carbonyl (C=O) groups is 1. The smallest absolute Gasteiger partial charge is 0.221 e. The molecule has 2 rings (SSSR count). The molecule has 0 aliphatic carbocycles. The molecular formula is C11H15BrN2O3S2. The first-order valence-corrected chi connectivity index (χ1v) is 9.38. The summed E-state index contributed by atoms with van der Waals surface area (Å²) in [5, 5.41) is 7.82. The number of halogens is 1. The lowest BCUT2D eigenvalue weighted by atomic mass is 10.2. The van der Waals surface area contributed by atoms with Gasteiger partial charge in [-0.2, -0.15) is 0 Å². The van der Waals surface area contributed by atoms with Crippen LogP contribution in [-0.2, 0) is 21.2 Å². The first-order valence-electron chi connectivity index (χ1n) is 5.89. The second kappa shape index (κ2) is 6.34. The van der Waals surface area contributed by atoms with Crippen molar-refractivity contribution < 1.29 is 13.2 Å². The molecule has 1 saturated heterocycles. The van der Waals surface area contributed by atoms with Crippen LogP contribution in [0, 0.1) is 0 Å². The van der Waals surface area contributed by atoms with Crippen LogP contribution in [0.3, 0.4) is 0 Å². The van der Waals surface area contributed by atoms with Crippen molar-refractivity contribution in [1.82, 2.24) is 10.6 Å². The second-order valence-corrected chi connectivity index (χ2v) is 8.52. The number of hydrogen-bond acceptors (Lipinski definition) is 5. The Bertz CT molecular complexity index is 556. The Labute approximate surface area is 124 Å². The van der Waals surface area contributed by atoms with Gasteiger partial charge < -0.3 is 10.6 Å². The molecular weight excluding hydrogens is 352 g/mol. The number of hydrogen-bond donors (Lipinski definition) is 2. The molecule has 0 saturated carbocycles. The van der Waals surface area contributed by atoms with Gasteiger partial charge in [0.15, 0.2) is 9.84 Å². The van der Waals surface area contributed by atoms with Crippen LogP contribution in [-0.4, -0.2) is 38.4 Å². The van der Waals surface area contributed by atoms with Gasteiger partial charge in [-0.25, -0.2) is 8.42 Å². The Kier molecular flexibility index (Phi) is 4.99. The van der Waals surface area contributed by atoms with Gasteiger partial charge in [0, 0.05) is 28.4 Å². The number of rotatable bonds is 4. The van der Waals surface area contributed by atoms with Crippen LogP contribution < -0.4 is 10.6 Å². The molecule has 1 unspecified atom stereocenters. The van der Waals surface area contributed by atoms with Crippen LogP contribution in [0.15, 0.2) is 15.9 Å². The highest BCUT2D eigenvalue weighted by atomic mass is 79.9. The van der Waals surface area contributed by atoms with E-state index in [2.05, 4.69) is 26.6 Å². The molecule has 1 aliphatic heterocycles. The molecule has 1 aliphatic rings. The summed E-state index contributed by atoms with van der Waals surface area (Å²) in [6.45, 7) is 0.896. The van der Waals surface area contributed by atoms with E-state index < -0.39 is 9.84 Å². The van der Waals surface area contributed by atoms with E-state index in [1.807, 2.05) is 11.4 Å². The van der Waals surface area contributed by atoms with E-state index in [1.54, 1.807) is 11.3 Å². The molecule has 0 radical (unpaired) electrons. The van der Waals surface area contributed by atoms with Crippen molar-refractivity contribution in [1.29, 1.82) is 0 Å². The van der Waals surface area contributed by atoms with E-state index in [9.17, 15) is 13.2 Å². The lowest BCUT2D eigenvalue weighted by Gasteiger charge is -2.23. The molecule has 2 heterocycles. The number of carbonyl (C=O) groups excluding carboxylic acids is 1. The van der Waals surface area contributed by atoms with Crippen molar-refractivity contribution >= 4 is 43.0 Å². The number of nitrogens with one attached hydrogen (secondary N) is 2. The maximum Gasteiger partial charge on any atom is 0.221 e. The van der Waals surface area contributed by atoms with Gasteiger partial charge in [-0.1, -0.05) is 0 Å². The largest absolute Gasteiger partial charge is 0.351 e. The van der Waals surface area contributed by atoms with E-state index in [1.165, 1.54) is 0 Å². The van der Waals surface area contributed by atoms with Crippen molar-refractivity contribution in [3.05, 3.63) is 20.8 Å². The third kappa shape index (κ3) is 4.55. The minimum Gasteiger partial charge on any atom is -0.351 e. The normalized spacial score (nSPS) is 22.1. The number of thiophene rings is 1. The van der Waals surface area contributed by atoms with Crippen molar-refractivity contribution in [3.63, 3.8) is 0 Å². The van der Waals surface area contributed by atoms with Gasteiger partial charge in [0.25, 0.3) is 0 Å². The topological polar surface area (TPSA) is 75.3 Å². The van der Waals surface area contributed by atoms with E-state index in [0.717, 1.165) is 9.35 Å². The summed E-state index contributed by atoms with van der Waals surface area (Å²) in [5.41, 5.74) is 0. The van der Waals surface area contributed by atoms with E-state index in [-0.39, 0.29) is 29.9 Å². The van der Waals surface area contributed by atoms with Crippen LogP contribution in [0.2, 0.25) is 0 Å². The molecule has 5 nitrogen and oxygen atoms in total. The molecule has 1 amide bonds. The Morgan fingerprint density at radius 1 is 1.58 bits per heavy atom. The SMILES string of the molecule is O=C(CC1CS(=O)(=O)CCN1)NCc1sccc1Br. The summed E-state index contributed by atoms with van der Waals surface area (Å²) >= 11 is 4.96. The summed E-state index contributed by atoms with van der Waals surface area (Å²) in [4.78, 5) is 12.8. The maximum absolute atomic E-state index is 11.8. The van der Waals surface area contributed by atoms with Gasteiger partial charge in [-0.3, -0.25) is 4.79 Å². The monoisotopic (exact) mass is 366 g/mol. The molecule has 1 atom stereocenters. The predicted molar refractivity (Wildman–Crippen MR) is 78.9 cm³/mol. The zero-order valence-electron chi connectivity index (χ0n) is 10.2. The summed E-state index contributed by atoms with van der Waals surface area (Å²) in [7, 11) is -2.99. The quantitative estimate of drug-likeness (QED) is 0.830. The third-order valence-corrected chi connectivity index (χ3v) is 6.53. The van der Waals surface area contributed by atoms with Crippen LogP contribution in [0.5, 0.6) is 0 Å². The molecule has 0 spiro atoms. The Hall–Kier alpha value is -0.440. The average molecular weight is 367 g/mol. The van der Waals surface area contributed by atoms with Gasteiger partial charge in [0.1, 0.15) is 0 Å². The Morgan fingerprint density at radius 3 is 3.00 bits per heavy atom. The molecule has 106 valence electrons. The average Bonchev–Trinajstić information content (AvgIpc) is 2.71. The first-order chi connectivity index (χ1) is 8.96. The van der Waals surface area contributed by atoms with Crippen LogP contribution >= 0.6 is 27.3 Å². The summed E-state index contributed by atoms with van der Waals surface area (Å²) in [6, 6.07) is 1.66. The van der Waals surface area contributed by atoms with E-state index in [0.29, 0.717) is 13.1 Å². The molecule has 0 aromatic carbocycles. The third-order valence-electron chi connectivity index (χ3n) is 2.87. The van der Waals surface area contributed by atoms with Crippen molar-refractivity contribution in [3.8, 4) is 0 Å². The number of amides is 1. The van der Waals surface area contributed by atoms with Crippen LogP contribution in [0.1, 0.15) is 11.3 Å². The Balaban J connectivity index is 1.80. The standard InChI is InChI=1S/C11H15BrN2O3S2/c12-9-1-3-18-10(9)6-14-11(15)5-8-7-19(16,17)4-2-13-8/h1,3,8,13H,2,4-7H2,(H,14,15). The van der Waals surface area contributed by atoms with Gasteiger partial charge in [-0.05, 0) is 27.4 Å². The first kappa shape index (κ1) is 15.0. The van der Waals surface area contributed by atoms with Crippen LogP contribution in [0.25, 0.3) is 0 Å². The van der Waals surface area contributed by atoms with Crippen LogP contribution in [0.4, 0.5) is 0 Å². The lowest BCUT2D eigenvalue weighted by molar-refractivity contribution is -0.121. The van der Waals surface area contributed by atoms with Crippen molar-refractivity contribution in [2.45, 2.75) is 19.0 Å². The summed E-state index contributed by atoms with van der Waals surface area (Å²) in [5.74, 6) is 0.0750. The zero-order valence-corrected chi connectivity index (χ0v) is 13.4. The molecule has 1 aromatic rings. The maximum atomic E-state index is 11.8. The van der Waals surface area contributed by atoms with Gasteiger partial charge in [-0.15, -0.1) is 11.3 Å². The minimum atomic E-state index is -2.99. The van der Waals surface area contributed by atoms with Gasteiger partial charge in [0.2, 0.25) is 5.91 Å². The minimum absolute atomic E-state index is 0.0448. The lowest BCUT2D eigenvalue weighted by Crippen LogP contribution is -2.47. The zero-order chi connectivity index (χ0) is 13.9. The number of sulfone groups is 1. The van der Waals surface area contributed by atoms with Crippen molar-refractivity contribution in [2.75, 3.05) is 18.1 Å². The fraction of sp³-hybridized carbons (Fsp3) is 0.545. The highest BCUT2D eigenvalue weighted by molar-refractivity contribution is 9.10. The second-order valence-electron chi connectivity index (χ2n) is 4.44. The van der Waals surface area contributed by atoms with Gasteiger partial charge in [0.05, 0.1) is 18.1 Å². The molecule has 1 fully saturated rings. The van der Waals surface area contributed by atoms with Gasteiger partial charge >= 0.3 is 0 Å². The Morgan fingerprint density at radius 2 is 2.37 bits per heavy atom. The van der Waals surface area contributed by atoms with E-state index in [4.69, 9.17) is 0 Å². The molecule has 0 bridgehead atoms. The highest BCUT2D eigenvalue weighted by Crippen LogP contribution is 2.22. The fourth-order valence-electron chi connectivity index (χ4n) is 1.92. The fourth-order valence-corrected chi connectivity index (χ4v) is 4.80. The molecule has 8 heteroatoms. The molecule has 19 heavy (non-hydrogen) atoms. The highest BCUT2D eigenvalue weighted by Gasteiger charge is 2.25. The molecule has 1 aromatic heterocycles. The summed E-state index contributed by atoms with van der Waals surface area (Å²) in [6.07, 6.45) is 0.197. The molecule has 2 N–H and O–H groups in total.